The van der Waals surface area contributed by atoms with Crippen LogP contribution in [0.5, 0.6) is 0 Å². The molecule has 0 aromatic heterocycles. The minimum Gasteiger partial charge on any atom is -0.383 e. The molecule has 1 aromatic rings. The number of anilines is 1. The molecule has 0 fully saturated rings. The van der Waals surface area contributed by atoms with Crippen LogP contribution in [0, 0.1) is 10.1 Å². The molecule has 0 radical (unpaired) electrons. The highest BCUT2D eigenvalue weighted by atomic mass is 35.5. The Kier molecular flexibility index (Phi) is 4.12. The van der Waals surface area contributed by atoms with Gasteiger partial charge in [0.05, 0.1) is 4.92 Å². The van der Waals surface area contributed by atoms with Crippen LogP contribution in [0.4, 0.5) is 11.4 Å². The summed E-state index contributed by atoms with van der Waals surface area (Å²) in [5, 5.41) is 13.5. The quantitative estimate of drug-likeness (QED) is 0.488. The van der Waals surface area contributed by atoms with Crippen LogP contribution >= 0.6 is 11.6 Å². The average molecular weight is 227 g/mol. The number of benzene rings is 1. The van der Waals surface area contributed by atoms with Crippen LogP contribution < -0.4 is 5.32 Å². The van der Waals surface area contributed by atoms with E-state index in [0.717, 1.165) is 5.56 Å². The van der Waals surface area contributed by atoms with E-state index in [2.05, 4.69) is 5.32 Å². The number of hydrogen-bond acceptors (Lipinski definition) is 3. The lowest BCUT2D eigenvalue weighted by atomic mass is 10.1. The molecule has 5 heteroatoms. The van der Waals surface area contributed by atoms with Gasteiger partial charge in [-0.2, -0.15) is 0 Å². The highest BCUT2D eigenvalue weighted by Gasteiger charge is 2.11. The number of alkyl halides is 1. The van der Waals surface area contributed by atoms with Gasteiger partial charge >= 0.3 is 0 Å². The van der Waals surface area contributed by atoms with Gasteiger partial charge in [-0.1, -0.05) is 18.2 Å². The summed E-state index contributed by atoms with van der Waals surface area (Å²) in [4.78, 5) is 10.3. The van der Waals surface area contributed by atoms with Gasteiger partial charge in [0, 0.05) is 19.0 Å². The van der Waals surface area contributed by atoms with Crippen molar-refractivity contribution in [3.05, 3.63) is 40.0 Å². The van der Waals surface area contributed by atoms with Gasteiger partial charge in [0.2, 0.25) is 0 Å². The van der Waals surface area contributed by atoms with Crippen LogP contribution in [0.15, 0.2) is 24.3 Å². The monoisotopic (exact) mass is 226 g/mol. The number of nitrogens with one attached hydrogen (secondary N) is 1. The lowest BCUT2D eigenvalue weighted by molar-refractivity contribution is -0.383. The third-order valence-corrected chi connectivity index (χ3v) is 2.07. The van der Waals surface area contributed by atoms with Crippen molar-refractivity contribution in [2.75, 3.05) is 18.2 Å². The van der Waals surface area contributed by atoms with E-state index in [0.29, 0.717) is 11.6 Å². The fraction of sp³-hybridized carbons (Fsp3) is 0.200. The van der Waals surface area contributed by atoms with Gasteiger partial charge in [-0.25, -0.2) is 0 Å². The van der Waals surface area contributed by atoms with Crippen LogP contribution in [-0.4, -0.2) is 17.9 Å². The summed E-state index contributed by atoms with van der Waals surface area (Å²) in [5.41, 5.74) is 1.33. The van der Waals surface area contributed by atoms with Crippen LogP contribution in [0.1, 0.15) is 5.56 Å². The zero-order valence-corrected chi connectivity index (χ0v) is 8.99. The lowest BCUT2D eigenvalue weighted by Gasteiger charge is -2.02. The number of hydrogen-bond donors (Lipinski definition) is 1. The first kappa shape index (κ1) is 11.5. The maximum atomic E-state index is 10.7. The van der Waals surface area contributed by atoms with Gasteiger partial charge in [0.25, 0.3) is 5.69 Å². The summed E-state index contributed by atoms with van der Waals surface area (Å²) in [7, 11) is 1.65. The smallest absolute Gasteiger partial charge is 0.292 e. The molecule has 0 saturated carbocycles. The van der Waals surface area contributed by atoms with Crippen molar-refractivity contribution in [1.82, 2.24) is 0 Å². The second-order valence-electron chi connectivity index (χ2n) is 2.84. The number of allylic oxidation sites excluding steroid dienone is 1. The van der Waals surface area contributed by atoms with Crippen LogP contribution in [0.25, 0.3) is 6.08 Å². The van der Waals surface area contributed by atoms with E-state index in [1.54, 1.807) is 31.3 Å². The van der Waals surface area contributed by atoms with E-state index >= 15 is 0 Å². The Bertz CT molecular complexity index is 391. The molecule has 0 unspecified atom stereocenters. The van der Waals surface area contributed by atoms with E-state index in [1.807, 2.05) is 0 Å². The first-order valence-corrected chi connectivity index (χ1v) is 4.91. The molecule has 0 heterocycles. The maximum Gasteiger partial charge on any atom is 0.292 e. The van der Waals surface area contributed by atoms with E-state index in [4.69, 9.17) is 11.6 Å². The van der Waals surface area contributed by atoms with Gasteiger partial charge in [0.1, 0.15) is 5.69 Å². The Morgan fingerprint density at radius 1 is 1.60 bits per heavy atom. The summed E-state index contributed by atoms with van der Waals surface area (Å²) in [6.45, 7) is 0. The van der Waals surface area contributed by atoms with Crippen molar-refractivity contribution in [3.63, 3.8) is 0 Å². The molecule has 0 spiro atoms. The van der Waals surface area contributed by atoms with Crippen molar-refractivity contribution in [3.8, 4) is 0 Å². The summed E-state index contributed by atoms with van der Waals surface area (Å²) in [6, 6.07) is 4.98. The van der Waals surface area contributed by atoms with E-state index in [9.17, 15) is 10.1 Å². The number of halogens is 1. The molecule has 0 aliphatic carbocycles. The van der Waals surface area contributed by atoms with E-state index in [-0.39, 0.29) is 5.69 Å². The molecule has 0 amide bonds. The minimum absolute atomic E-state index is 0.0641. The third-order valence-electron chi connectivity index (χ3n) is 1.89. The zero-order chi connectivity index (χ0) is 11.3. The fourth-order valence-corrected chi connectivity index (χ4v) is 1.28. The Morgan fingerprint density at radius 3 is 2.87 bits per heavy atom. The SMILES string of the molecule is CNc1ccc(C=CCCl)cc1[N+](=O)[O-]. The minimum atomic E-state index is -0.413. The molecule has 1 rings (SSSR count). The molecule has 15 heavy (non-hydrogen) atoms. The van der Waals surface area contributed by atoms with Gasteiger partial charge in [-0.3, -0.25) is 10.1 Å². The van der Waals surface area contributed by atoms with Crippen LogP contribution in [-0.2, 0) is 0 Å². The van der Waals surface area contributed by atoms with Crippen molar-refractivity contribution in [1.29, 1.82) is 0 Å². The van der Waals surface area contributed by atoms with Crippen molar-refractivity contribution in [2.45, 2.75) is 0 Å². The van der Waals surface area contributed by atoms with Gasteiger partial charge < -0.3 is 5.32 Å². The Morgan fingerprint density at radius 2 is 2.33 bits per heavy atom. The molecule has 0 saturated heterocycles. The maximum absolute atomic E-state index is 10.7. The number of nitro benzene ring substituents is 1. The summed E-state index contributed by atoms with van der Waals surface area (Å²) < 4.78 is 0. The molecular weight excluding hydrogens is 216 g/mol. The van der Waals surface area contributed by atoms with Gasteiger partial charge in [0.15, 0.2) is 0 Å². The molecule has 0 aliphatic rings. The molecule has 0 atom stereocenters. The number of nitro groups is 1. The molecule has 80 valence electrons. The topological polar surface area (TPSA) is 55.2 Å². The summed E-state index contributed by atoms with van der Waals surface area (Å²) in [6.07, 6.45) is 3.49. The second kappa shape index (κ2) is 5.36. The standard InChI is InChI=1S/C10H11ClN2O2/c1-12-9-5-4-8(3-2-6-11)7-10(9)13(14)15/h2-5,7,12H,6H2,1H3. The molecule has 0 bridgehead atoms. The molecular formula is C10H11ClN2O2. The molecule has 4 nitrogen and oxygen atoms in total. The van der Waals surface area contributed by atoms with E-state index in [1.165, 1.54) is 6.07 Å². The Hall–Kier alpha value is -1.55. The highest BCUT2D eigenvalue weighted by molar-refractivity contribution is 6.19. The second-order valence-corrected chi connectivity index (χ2v) is 3.15. The third kappa shape index (κ3) is 2.95. The van der Waals surface area contributed by atoms with Crippen LogP contribution in [0.3, 0.4) is 0 Å². The van der Waals surface area contributed by atoms with Crippen molar-refractivity contribution >= 4 is 29.1 Å². The van der Waals surface area contributed by atoms with Crippen LogP contribution in [0.2, 0.25) is 0 Å². The Labute approximate surface area is 92.7 Å². The number of nitrogens with zero attached hydrogens (tertiary/aromatic N) is 1. The van der Waals surface area contributed by atoms with Gasteiger partial charge in [-0.05, 0) is 11.6 Å². The molecule has 1 N–H and O–H groups in total. The highest BCUT2D eigenvalue weighted by Crippen LogP contribution is 2.25. The van der Waals surface area contributed by atoms with Gasteiger partial charge in [-0.15, -0.1) is 11.6 Å². The predicted molar refractivity (Wildman–Crippen MR) is 62.4 cm³/mol. The van der Waals surface area contributed by atoms with Crippen molar-refractivity contribution in [2.24, 2.45) is 0 Å². The average Bonchev–Trinajstić information content (AvgIpc) is 2.25. The number of rotatable bonds is 4. The largest absolute Gasteiger partial charge is 0.383 e. The summed E-state index contributed by atoms with van der Waals surface area (Å²) in [5.74, 6) is 0.390. The first-order valence-electron chi connectivity index (χ1n) is 4.37. The van der Waals surface area contributed by atoms with E-state index < -0.39 is 4.92 Å². The predicted octanol–water partition coefficient (Wildman–Crippen LogP) is 2.89. The zero-order valence-electron chi connectivity index (χ0n) is 8.24. The summed E-state index contributed by atoms with van der Waals surface area (Å²) >= 11 is 5.48. The lowest BCUT2D eigenvalue weighted by Crippen LogP contribution is -1.96. The molecule has 0 aliphatic heterocycles. The fourth-order valence-electron chi connectivity index (χ4n) is 1.20. The van der Waals surface area contributed by atoms with Crippen molar-refractivity contribution < 1.29 is 4.92 Å². The first-order chi connectivity index (χ1) is 7.19. The Balaban J connectivity index is 3.10. The normalized spacial score (nSPS) is 10.5. The molecule has 1 aromatic carbocycles.